The maximum Gasteiger partial charge on any atom is 0.321 e. The number of carbonyl (C=O) groups is 3. The molecule has 0 bridgehead atoms. The Morgan fingerprint density at radius 3 is 2.56 bits per heavy atom. The highest BCUT2D eigenvalue weighted by molar-refractivity contribution is 7.22. The van der Waals surface area contributed by atoms with Crippen LogP contribution < -0.4 is 22.1 Å². The largest absolute Gasteiger partial charge is 0.481 e. The van der Waals surface area contributed by atoms with Crippen molar-refractivity contribution < 1.29 is 19.5 Å². The Bertz CT molecular complexity index is 1240. The average molecular weight is 514 g/mol. The second-order valence-corrected chi connectivity index (χ2v) is 9.46. The van der Waals surface area contributed by atoms with Crippen LogP contribution >= 0.6 is 11.3 Å². The van der Waals surface area contributed by atoms with Crippen LogP contribution in [0.4, 0.5) is 9.93 Å². The summed E-state index contributed by atoms with van der Waals surface area (Å²) in [5, 5.41) is 15.2. The van der Waals surface area contributed by atoms with Crippen molar-refractivity contribution >= 4 is 56.4 Å². The Hall–Kier alpha value is -3.93. The second-order valence-electron chi connectivity index (χ2n) is 8.46. The lowest BCUT2D eigenvalue weighted by molar-refractivity contribution is -0.152. The number of thiazole rings is 1. The molecule has 3 rings (SSSR count). The molecule has 1 aromatic heterocycles. The van der Waals surface area contributed by atoms with Crippen LogP contribution in [0.25, 0.3) is 15.8 Å². The van der Waals surface area contributed by atoms with E-state index in [1.807, 2.05) is 11.8 Å². The number of nitrogens with zero attached hydrogens (tertiary/aromatic N) is 3. The third kappa shape index (κ3) is 5.65. The van der Waals surface area contributed by atoms with E-state index in [2.05, 4.69) is 27.2 Å². The molecule has 0 radical (unpaired) electrons. The highest BCUT2D eigenvalue weighted by Crippen LogP contribution is 2.36. The minimum absolute atomic E-state index is 0.246. The normalized spacial score (nSPS) is 15.7. The maximum atomic E-state index is 12.2. The number of carboxylic acids is 1. The molecule has 1 saturated heterocycles. The summed E-state index contributed by atoms with van der Waals surface area (Å²) in [7, 11) is 0. The Morgan fingerprint density at radius 1 is 1.31 bits per heavy atom. The lowest BCUT2D eigenvalue weighted by Crippen LogP contribution is -2.43. The summed E-state index contributed by atoms with van der Waals surface area (Å²) in [5.74, 6) is -0.916. The number of hydrogen-bond donors (Lipinski definition) is 5. The first-order valence-electron chi connectivity index (χ1n) is 11.6. The van der Waals surface area contributed by atoms with E-state index in [0.717, 1.165) is 11.3 Å². The number of carboxylic acid groups (broad SMARTS) is 1. The van der Waals surface area contributed by atoms with E-state index in [1.165, 1.54) is 12.4 Å². The molecule has 1 aromatic carbocycles. The van der Waals surface area contributed by atoms with E-state index in [4.69, 9.17) is 11.5 Å². The molecule has 1 aliphatic rings. The number of nitrogens with one attached hydrogen (secondary N) is 2. The number of benzene rings is 1. The highest BCUT2D eigenvalue weighted by Gasteiger charge is 2.40. The summed E-state index contributed by atoms with van der Waals surface area (Å²) in [6, 6.07) is 2.94. The lowest BCUT2D eigenvalue weighted by Gasteiger charge is -2.39. The summed E-state index contributed by atoms with van der Waals surface area (Å²) in [5.41, 5.74) is 12.6. The van der Waals surface area contributed by atoms with Gasteiger partial charge >= 0.3 is 12.0 Å². The van der Waals surface area contributed by atoms with Crippen molar-refractivity contribution in [1.29, 1.82) is 0 Å². The van der Waals surface area contributed by atoms with Crippen LogP contribution in [-0.2, 0) is 4.79 Å². The molecule has 3 amide bonds. The first-order valence-corrected chi connectivity index (χ1v) is 12.4. The number of aromatic nitrogens is 1. The molecule has 2 aromatic rings. The van der Waals surface area contributed by atoms with Gasteiger partial charge in [0.05, 0.1) is 21.2 Å². The standard InChI is InChI=1S/C24H31N7O4S/c1-4-24(21(33)34)6-8-31(9-7-24)14(3)28-13-16(12-25)15-10-17(20(26)32)19-18(11-15)29-23(36-19)30-22(35)27-5-2/h10-13H,3-9,25H2,1-2H3,(H2,26,32)(H,33,34)(H2,27,29,30,35)/b16-12+,28-13?. The molecular weight excluding hydrogens is 482 g/mol. The Kier molecular flexibility index (Phi) is 8.30. The van der Waals surface area contributed by atoms with Gasteiger partial charge in [0.15, 0.2) is 5.13 Å². The zero-order valence-corrected chi connectivity index (χ0v) is 21.2. The van der Waals surface area contributed by atoms with Gasteiger partial charge in [0, 0.05) is 37.6 Å². The van der Waals surface area contributed by atoms with E-state index >= 15 is 0 Å². The number of fused-ring (bicyclic) bond motifs is 1. The van der Waals surface area contributed by atoms with Crippen molar-refractivity contribution in [3.05, 3.63) is 41.9 Å². The summed E-state index contributed by atoms with van der Waals surface area (Å²) in [4.78, 5) is 46.5. The van der Waals surface area contributed by atoms with Gasteiger partial charge < -0.3 is 26.8 Å². The van der Waals surface area contributed by atoms with E-state index in [1.54, 1.807) is 19.1 Å². The minimum Gasteiger partial charge on any atom is -0.481 e. The van der Waals surface area contributed by atoms with Crippen molar-refractivity contribution in [2.75, 3.05) is 25.0 Å². The van der Waals surface area contributed by atoms with E-state index in [0.29, 0.717) is 71.2 Å². The third-order valence-corrected chi connectivity index (χ3v) is 7.41. The van der Waals surface area contributed by atoms with Crippen LogP contribution in [0, 0.1) is 5.41 Å². The fourth-order valence-electron chi connectivity index (χ4n) is 4.09. The van der Waals surface area contributed by atoms with Gasteiger partial charge in [0.2, 0.25) is 5.91 Å². The van der Waals surface area contributed by atoms with Crippen molar-refractivity contribution in [3.8, 4) is 0 Å². The zero-order valence-electron chi connectivity index (χ0n) is 20.3. The van der Waals surface area contributed by atoms with Gasteiger partial charge in [-0.3, -0.25) is 14.9 Å². The average Bonchev–Trinajstić information content (AvgIpc) is 3.25. The van der Waals surface area contributed by atoms with E-state index in [9.17, 15) is 19.5 Å². The number of aliphatic carboxylic acids is 1. The number of rotatable bonds is 9. The number of likely N-dealkylation sites (tertiary alicyclic amines) is 1. The fraction of sp³-hybridized carbons (Fsp3) is 0.375. The zero-order chi connectivity index (χ0) is 26.5. The number of carbonyl (C=O) groups excluding carboxylic acids is 2. The number of amides is 3. The number of anilines is 1. The Labute approximate surface area is 213 Å². The predicted octanol–water partition coefficient (Wildman–Crippen LogP) is 2.96. The molecule has 2 heterocycles. The van der Waals surface area contributed by atoms with Crippen molar-refractivity contribution in [3.63, 3.8) is 0 Å². The van der Waals surface area contributed by atoms with E-state index < -0.39 is 23.3 Å². The Balaban J connectivity index is 1.82. The van der Waals surface area contributed by atoms with Gasteiger partial charge in [-0.05, 0) is 43.9 Å². The molecule has 0 spiro atoms. The molecule has 0 atom stereocenters. The number of hydrogen-bond acceptors (Lipinski definition) is 8. The number of primary amides is 1. The monoisotopic (exact) mass is 513 g/mol. The quantitative estimate of drug-likeness (QED) is 0.320. The molecule has 0 saturated carbocycles. The van der Waals surface area contributed by atoms with Crippen LogP contribution in [-0.4, -0.2) is 58.7 Å². The van der Waals surface area contributed by atoms with Crippen molar-refractivity contribution in [2.45, 2.75) is 33.1 Å². The summed E-state index contributed by atoms with van der Waals surface area (Å²) in [6.45, 7) is 9.25. The third-order valence-electron chi connectivity index (χ3n) is 6.39. The van der Waals surface area contributed by atoms with Gasteiger partial charge in [0.25, 0.3) is 0 Å². The van der Waals surface area contributed by atoms with Crippen LogP contribution in [0.15, 0.2) is 35.7 Å². The summed E-state index contributed by atoms with van der Waals surface area (Å²) in [6.07, 6.45) is 4.50. The summed E-state index contributed by atoms with van der Waals surface area (Å²) < 4.78 is 0.543. The fourth-order valence-corrected chi connectivity index (χ4v) is 5.05. The predicted molar refractivity (Wildman–Crippen MR) is 142 cm³/mol. The SMILES string of the molecule is C=C(N=C/C(=C\N)c1cc(C(N)=O)c2sc(NC(=O)NCC)nc2c1)N1CCC(CC)(C(=O)O)CC1. The summed E-state index contributed by atoms with van der Waals surface area (Å²) >= 11 is 1.14. The van der Waals surface area contributed by atoms with Crippen LogP contribution in [0.1, 0.15) is 49.0 Å². The van der Waals surface area contributed by atoms with E-state index in [-0.39, 0.29) is 5.56 Å². The molecule has 0 aliphatic carbocycles. The molecule has 0 unspecified atom stereocenters. The molecule has 36 heavy (non-hydrogen) atoms. The van der Waals surface area contributed by atoms with Gasteiger partial charge in [0.1, 0.15) is 5.82 Å². The second kappa shape index (κ2) is 11.2. The molecule has 7 N–H and O–H groups in total. The highest BCUT2D eigenvalue weighted by atomic mass is 32.1. The molecule has 12 heteroatoms. The Morgan fingerprint density at radius 2 is 2.00 bits per heavy atom. The topological polar surface area (TPSA) is 176 Å². The first-order chi connectivity index (χ1) is 17.1. The van der Waals surface area contributed by atoms with Gasteiger partial charge in [-0.15, -0.1) is 0 Å². The number of aliphatic imine (C=N–C) groups is 1. The lowest BCUT2D eigenvalue weighted by atomic mass is 9.76. The van der Waals surface area contributed by atoms with Crippen molar-refractivity contribution in [2.24, 2.45) is 21.9 Å². The van der Waals surface area contributed by atoms with Gasteiger partial charge in [-0.1, -0.05) is 24.8 Å². The first kappa shape index (κ1) is 26.7. The minimum atomic E-state index is -0.765. The van der Waals surface area contributed by atoms with Crippen LogP contribution in [0.3, 0.4) is 0 Å². The molecular formula is C24H31N7O4S. The maximum absolute atomic E-state index is 12.2. The van der Waals surface area contributed by atoms with Crippen molar-refractivity contribution in [1.82, 2.24) is 15.2 Å². The molecule has 1 aliphatic heterocycles. The number of allylic oxidation sites excluding steroid dienone is 1. The molecule has 1 fully saturated rings. The van der Waals surface area contributed by atoms with Gasteiger partial charge in [-0.2, -0.15) is 0 Å². The number of nitrogens with two attached hydrogens (primary N) is 2. The van der Waals surface area contributed by atoms with Crippen LogP contribution in [0.2, 0.25) is 0 Å². The number of urea groups is 1. The van der Waals surface area contributed by atoms with Gasteiger partial charge in [-0.25, -0.2) is 14.8 Å². The number of piperidine rings is 1. The molecule has 11 nitrogen and oxygen atoms in total. The smallest absolute Gasteiger partial charge is 0.321 e. The van der Waals surface area contributed by atoms with Crippen LogP contribution in [0.5, 0.6) is 0 Å². The molecule has 192 valence electrons.